The normalized spacial score (nSPS) is 20.5. The first-order valence-electron chi connectivity index (χ1n) is 6.18. The van der Waals surface area contributed by atoms with Crippen molar-refractivity contribution >= 4 is 11.5 Å². The van der Waals surface area contributed by atoms with E-state index >= 15 is 0 Å². The van der Waals surface area contributed by atoms with E-state index < -0.39 is 0 Å². The number of hydrogen-bond acceptors (Lipinski definition) is 5. The molecule has 0 aliphatic carbocycles. The lowest BCUT2D eigenvalue weighted by atomic mass is 10.2. The molecule has 0 spiro atoms. The van der Waals surface area contributed by atoms with Gasteiger partial charge in [0.15, 0.2) is 5.65 Å². The molecule has 2 aromatic rings. The summed E-state index contributed by atoms with van der Waals surface area (Å²) in [6.07, 6.45) is 3.93. The van der Waals surface area contributed by atoms with E-state index in [1.165, 1.54) is 0 Å². The van der Waals surface area contributed by atoms with Gasteiger partial charge in [0.2, 0.25) is 0 Å². The highest BCUT2D eigenvalue weighted by Crippen LogP contribution is 2.15. The Morgan fingerprint density at radius 1 is 1.50 bits per heavy atom. The van der Waals surface area contributed by atoms with E-state index in [4.69, 9.17) is 4.74 Å². The number of ether oxygens (including phenoxy) is 1. The van der Waals surface area contributed by atoms with Crippen molar-refractivity contribution in [1.29, 1.82) is 0 Å². The fourth-order valence-corrected chi connectivity index (χ4v) is 2.26. The maximum absolute atomic E-state index is 5.69. The van der Waals surface area contributed by atoms with Gasteiger partial charge in [-0.15, -0.1) is 0 Å². The predicted octanol–water partition coefficient (Wildman–Crippen LogP) is 0.154. The van der Waals surface area contributed by atoms with E-state index in [1.807, 2.05) is 25.4 Å². The molecule has 6 nitrogen and oxygen atoms in total. The third kappa shape index (κ3) is 2.16. The summed E-state index contributed by atoms with van der Waals surface area (Å²) in [7, 11) is 1.94. The predicted molar refractivity (Wildman–Crippen MR) is 68.9 cm³/mol. The molecule has 1 fully saturated rings. The third-order valence-corrected chi connectivity index (χ3v) is 3.14. The van der Waals surface area contributed by atoms with Gasteiger partial charge >= 0.3 is 0 Å². The highest BCUT2D eigenvalue weighted by Gasteiger charge is 2.20. The van der Waals surface area contributed by atoms with Gasteiger partial charge < -0.3 is 15.0 Å². The number of nitrogens with zero attached hydrogens (tertiary/aromatic N) is 4. The molecule has 3 heterocycles. The lowest BCUT2D eigenvalue weighted by Crippen LogP contribution is -2.46. The van der Waals surface area contributed by atoms with Crippen LogP contribution in [0.4, 0.5) is 5.82 Å². The van der Waals surface area contributed by atoms with Crippen LogP contribution in [-0.4, -0.2) is 54.0 Å². The van der Waals surface area contributed by atoms with Crippen LogP contribution in [0.5, 0.6) is 0 Å². The summed E-state index contributed by atoms with van der Waals surface area (Å²) in [5.74, 6) is 0.993. The Morgan fingerprint density at radius 3 is 3.33 bits per heavy atom. The molecule has 18 heavy (non-hydrogen) atoms. The van der Waals surface area contributed by atoms with Crippen molar-refractivity contribution in [3.8, 4) is 0 Å². The first kappa shape index (κ1) is 11.4. The van der Waals surface area contributed by atoms with Crippen molar-refractivity contribution < 1.29 is 4.74 Å². The van der Waals surface area contributed by atoms with E-state index in [2.05, 4.69) is 20.3 Å². The standard InChI is InChI=1S/C12H17N5O/c1-13-8-10-9-16(6-7-18-10)11-3-5-17-12(15-11)2-4-14-17/h2-5,10,13H,6-9H2,1H3. The fourth-order valence-electron chi connectivity index (χ4n) is 2.26. The van der Waals surface area contributed by atoms with Crippen molar-refractivity contribution in [3.05, 3.63) is 24.5 Å². The summed E-state index contributed by atoms with van der Waals surface area (Å²) in [6, 6.07) is 3.91. The van der Waals surface area contributed by atoms with Crippen molar-refractivity contribution in [2.45, 2.75) is 6.10 Å². The summed E-state index contributed by atoms with van der Waals surface area (Å²) in [5.41, 5.74) is 0.879. The lowest BCUT2D eigenvalue weighted by Gasteiger charge is -2.33. The number of morpholine rings is 1. The van der Waals surface area contributed by atoms with Gasteiger partial charge in [-0.2, -0.15) is 5.10 Å². The topological polar surface area (TPSA) is 54.7 Å². The molecular formula is C12H17N5O. The summed E-state index contributed by atoms with van der Waals surface area (Å²) in [4.78, 5) is 6.87. The SMILES string of the molecule is CNCC1CN(c2ccn3nccc3n2)CCO1. The van der Waals surface area contributed by atoms with Gasteiger partial charge in [-0.25, -0.2) is 9.50 Å². The highest BCUT2D eigenvalue weighted by atomic mass is 16.5. The second-order valence-corrected chi connectivity index (χ2v) is 4.42. The second kappa shape index (κ2) is 4.91. The molecule has 1 aliphatic rings. The Morgan fingerprint density at radius 2 is 2.44 bits per heavy atom. The van der Waals surface area contributed by atoms with Gasteiger partial charge in [-0.1, -0.05) is 0 Å². The van der Waals surface area contributed by atoms with Crippen LogP contribution in [-0.2, 0) is 4.74 Å². The van der Waals surface area contributed by atoms with Gasteiger partial charge in [0.1, 0.15) is 5.82 Å². The number of nitrogens with one attached hydrogen (secondary N) is 1. The number of anilines is 1. The number of rotatable bonds is 3. The molecule has 96 valence electrons. The zero-order valence-corrected chi connectivity index (χ0v) is 10.4. The van der Waals surface area contributed by atoms with Crippen LogP contribution in [0.1, 0.15) is 0 Å². The van der Waals surface area contributed by atoms with Gasteiger partial charge in [-0.3, -0.25) is 0 Å². The summed E-state index contributed by atoms with van der Waals surface area (Å²) >= 11 is 0. The molecule has 0 radical (unpaired) electrons. The summed E-state index contributed by atoms with van der Waals surface area (Å²) < 4.78 is 7.47. The molecule has 0 aromatic carbocycles. The van der Waals surface area contributed by atoms with Crippen LogP contribution >= 0.6 is 0 Å². The molecule has 1 atom stereocenters. The van der Waals surface area contributed by atoms with Gasteiger partial charge in [0, 0.05) is 31.9 Å². The van der Waals surface area contributed by atoms with Crippen molar-refractivity contribution in [2.75, 3.05) is 38.2 Å². The van der Waals surface area contributed by atoms with E-state index in [0.29, 0.717) is 0 Å². The first-order chi connectivity index (χ1) is 8.86. The number of hydrogen-bond donors (Lipinski definition) is 1. The number of likely N-dealkylation sites (N-methyl/N-ethyl adjacent to an activating group) is 1. The minimum absolute atomic E-state index is 0.228. The molecule has 1 unspecified atom stereocenters. The zero-order chi connectivity index (χ0) is 12.4. The van der Waals surface area contributed by atoms with Crippen LogP contribution in [0.2, 0.25) is 0 Å². The Balaban J connectivity index is 1.80. The van der Waals surface area contributed by atoms with Gasteiger partial charge in [-0.05, 0) is 13.1 Å². The Bertz CT molecular complexity index is 524. The Hall–Kier alpha value is -1.66. The van der Waals surface area contributed by atoms with Gasteiger partial charge in [0.05, 0.1) is 18.9 Å². The minimum Gasteiger partial charge on any atom is -0.373 e. The van der Waals surface area contributed by atoms with Crippen molar-refractivity contribution in [1.82, 2.24) is 19.9 Å². The van der Waals surface area contributed by atoms with Crippen LogP contribution in [0, 0.1) is 0 Å². The Kier molecular flexibility index (Phi) is 3.12. The smallest absolute Gasteiger partial charge is 0.157 e. The zero-order valence-electron chi connectivity index (χ0n) is 10.4. The van der Waals surface area contributed by atoms with E-state index in [1.54, 1.807) is 10.7 Å². The van der Waals surface area contributed by atoms with Crippen molar-refractivity contribution in [2.24, 2.45) is 0 Å². The first-order valence-corrected chi connectivity index (χ1v) is 6.18. The molecule has 1 aliphatic heterocycles. The summed E-state index contributed by atoms with van der Waals surface area (Å²) in [5, 5.41) is 7.30. The molecule has 2 aromatic heterocycles. The van der Waals surface area contributed by atoms with Crippen LogP contribution in [0.3, 0.4) is 0 Å². The fraction of sp³-hybridized carbons (Fsp3) is 0.500. The number of aromatic nitrogens is 3. The largest absolute Gasteiger partial charge is 0.373 e. The quantitative estimate of drug-likeness (QED) is 0.837. The summed E-state index contributed by atoms with van der Waals surface area (Å²) in [6.45, 7) is 3.37. The lowest BCUT2D eigenvalue weighted by molar-refractivity contribution is 0.0419. The number of fused-ring (bicyclic) bond motifs is 1. The molecule has 0 saturated carbocycles. The average molecular weight is 247 g/mol. The van der Waals surface area contributed by atoms with Crippen LogP contribution in [0.25, 0.3) is 5.65 Å². The Labute approximate surface area is 106 Å². The van der Waals surface area contributed by atoms with E-state index in [0.717, 1.165) is 37.7 Å². The van der Waals surface area contributed by atoms with E-state index in [-0.39, 0.29) is 6.10 Å². The molecule has 1 N–H and O–H groups in total. The maximum atomic E-state index is 5.69. The van der Waals surface area contributed by atoms with Crippen LogP contribution in [0.15, 0.2) is 24.5 Å². The molecule has 0 amide bonds. The van der Waals surface area contributed by atoms with Crippen molar-refractivity contribution in [3.63, 3.8) is 0 Å². The minimum atomic E-state index is 0.228. The molecule has 1 saturated heterocycles. The second-order valence-electron chi connectivity index (χ2n) is 4.42. The van der Waals surface area contributed by atoms with Crippen LogP contribution < -0.4 is 10.2 Å². The molecule has 3 rings (SSSR count). The van der Waals surface area contributed by atoms with Gasteiger partial charge in [0.25, 0.3) is 0 Å². The monoisotopic (exact) mass is 247 g/mol. The highest BCUT2D eigenvalue weighted by molar-refractivity contribution is 5.47. The molecule has 0 bridgehead atoms. The maximum Gasteiger partial charge on any atom is 0.157 e. The van der Waals surface area contributed by atoms with E-state index in [9.17, 15) is 0 Å². The third-order valence-electron chi connectivity index (χ3n) is 3.14. The molecule has 6 heteroatoms. The average Bonchev–Trinajstić information content (AvgIpc) is 2.86. The molecular weight excluding hydrogens is 230 g/mol.